The molecule has 0 bridgehead atoms. The molecule has 1 aromatic heterocycles. The van der Waals surface area contributed by atoms with Crippen molar-refractivity contribution in [2.75, 3.05) is 20.3 Å². The Morgan fingerprint density at radius 3 is 2.56 bits per heavy atom. The van der Waals surface area contributed by atoms with Gasteiger partial charge in [0.05, 0.1) is 48.9 Å². The van der Waals surface area contributed by atoms with E-state index in [1.54, 1.807) is 29.2 Å². The van der Waals surface area contributed by atoms with Gasteiger partial charge in [0, 0.05) is 30.6 Å². The predicted octanol–water partition coefficient (Wildman–Crippen LogP) is 2.57. The molecule has 0 fully saturated rings. The minimum atomic E-state index is -1.21. The molecule has 11 heteroatoms. The van der Waals surface area contributed by atoms with Gasteiger partial charge in [0.25, 0.3) is 0 Å². The van der Waals surface area contributed by atoms with E-state index < -0.39 is 24.2 Å². The van der Waals surface area contributed by atoms with Crippen LogP contribution >= 0.6 is 22.6 Å². The van der Waals surface area contributed by atoms with E-state index in [0.29, 0.717) is 26.2 Å². The van der Waals surface area contributed by atoms with Gasteiger partial charge in [0.15, 0.2) is 11.5 Å². The highest BCUT2D eigenvalue weighted by Gasteiger charge is 2.41. The third kappa shape index (κ3) is 7.67. The Morgan fingerprint density at radius 1 is 1.12 bits per heavy atom. The van der Waals surface area contributed by atoms with Crippen LogP contribution in [0.15, 0.2) is 77.1 Å². The molecule has 4 N–H and O–H groups in total. The van der Waals surface area contributed by atoms with Crippen molar-refractivity contribution in [3.63, 3.8) is 0 Å². The van der Waals surface area contributed by atoms with Gasteiger partial charge >= 0.3 is 0 Å². The topological polar surface area (TPSA) is 142 Å². The first-order valence-electron chi connectivity index (χ1n) is 13.1. The van der Waals surface area contributed by atoms with Crippen molar-refractivity contribution < 1.29 is 38.8 Å². The number of methoxy groups -OCH3 is 1. The van der Waals surface area contributed by atoms with E-state index >= 15 is 0 Å². The Morgan fingerprint density at radius 2 is 1.90 bits per heavy atom. The number of nitrogens with one attached hydrogen (secondary N) is 1. The van der Waals surface area contributed by atoms with Crippen molar-refractivity contribution in [2.45, 2.75) is 44.2 Å². The summed E-state index contributed by atoms with van der Waals surface area (Å²) in [4.78, 5) is 28.4. The SMILES string of the molecule is COc1cc(CO)cc(I)c1O[C@H]1C=C(C(=O)NCCO)C[C@@H](N(Cc2ccoc2)C(=O)Cc2ccccc2)[C@@H]1O. The van der Waals surface area contributed by atoms with Gasteiger partial charge in [-0.05, 0) is 58.0 Å². The molecule has 218 valence electrons. The lowest BCUT2D eigenvalue weighted by molar-refractivity contribution is -0.138. The van der Waals surface area contributed by atoms with Gasteiger partial charge < -0.3 is 39.4 Å². The standard InChI is InChI=1S/C30H33IN2O8/c1-39-26-12-21(17-35)11-23(31)29(26)41-25-15-22(30(38)32-8-9-34)14-24(28(25)37)33(16-20-7-10-40-18-20)27(36)13-19-5-3-2-4-6-19/h2-7,10-12,15,18,24-25,28,34-35,37H,8-9,13-14,16-17H2,1H3,(H,32,38)/t24-,25+,28+/m1/s1. The second-order valence-electron chi connectivity index (χ2n) is 9.60. The average Bonchev–Trinajstić information content (AvgIpc) is 3.50. The lowest BCUT2D eigenvalue weighted by Gasteiger charge is -2.40. The second kappa shape index (κ2) is 14.5. The number of carbonyl (C=O) groups is 2. The van der Waals surface area contributed by atoms with Crippen LogP contribution in [0.5, 0.6) is 11.5 Å². The van der Waals surface area contributed by atoms with Crippen LogP contribution in [0, 0.1) is 3.57 Å². The molecule has 2 aromatic carbocycles. The molecular weight excluding hydrogens is 643 g/mol. The van der Waals surface area contributed by atoms with Crippen LogP contribution in [-0.4, -0.2) is 70.5 Å². The Hall–Kier alpha value is -3.39. The zero-order chi connectivity index (χ0) is 29.4. The summed E-state index contributed by atoms with van der Waals surface area (Å²) in [5.74, 6) is 0.0148. The van der Waals surface area contributed by atoms with E-state index in [4.69, 9.17) is 13.9 Å². The van der Waals surface area contributed by atoms with Crippen molar-refractivity contribution in [1.29, 1.82) is 0 Å². The molecule has 0 saturated heterocycles. The Bertz CT molecular complexity index is 1350. The number of rotatable bonds is 12. The largest absolute Gasteiger partial charge is 0.493 e. The Labute approximate surface area is 251 Å². The van der Waals surface area contributed by atoms with Gasteiger partial charge in [-0.15, -0.1) is 0 Å². The second-order valence-corrected chi connectivity index (χ2v) is 10.8. The Kier molecular flexibility index (Phi) is 10.8. The maximum Gasteiger partial charge on any atom is 0.247 e. The van der Waals surface area contributed by atoms with Crippen LogP contribution in [0.1, 0.15) is 23.1 Å². The van der Waals surface area contributed by atoms with Crippen LogP contribution in [0.3, 0.4) is 0 Å². The maximum atomic E-state index is 13.8. The predicted molar refractivity (Wildman–Crippen MR) is 158 cm³/mol. The molecule has 0 unspecified atom stereocenters. The highest BCUT2D eigenvalue weighted by molar-refractivity contribution is 14.1. The number of nitrogens with zero attached hydrogens (tertiary/aromatic N) is 1. The maximum absolute atomic E-state index is 13.8. The van der Waals surface area contributed by atoms with Crippen LogP contribution < -0.4 is 14.8 Å². The highest BCUT2D eigenvalue weighted by Crippen LogP contribution is 2.37. The van der Waals surface area contributed by atoms with Crippen LogP contribution in [0.25, 0.3) is 0 Å². The van der Waals surface area contributed by atoms with E-state index in [0.717, 1.165) is 11.1 Å². The molecule has 4 rings (SSSR count). The van der Waals surface area contributed by atoms with Gasteiger partial charge in [0.1, 0.15) is 12.2 Å². The van der Waals surface area contributed by atoms with E-state index in [-0.39, 0.29) is 45.1 Å². The van der Waals surface area contributed by atoms with Crippen LogP contribution in [-0.2, 0) is 29.2 Å². The van der Waals surface area contributed by atoms with Gasteiger partial charge in [-0.25, -0.2) is 0 Å². The van der Waals surface area contributed by atoms with Crippen molar-refractivity contribution in [3.8, 4) is 11.5 Å². The molecule has 3 aromatic rings. The number of aliphatic hydroxyl groups excluding tert-OH is 3. The Balaban J connectivity index is 1.71. The minimum absolute atomic E-state index is 0.0505. The fourth-order valence-electron chi connectivity index (χ4n) is 4.74. The van der Waals surface area contributed by atoms with Gasteiger partial charge in [-0.1, -0.05) is 30.3 Å². The molecule has 10 nitrogen and oxygen atoms in total. The molecule has 1 heterocycles. The van der Waals surface area contributed by atoms with E-state index in [1.807, 2.05) is 30.3 Å². The van der Waals surface area contributed by atoms with E-state index in [2.05, 4.69) is 27.9 Å². The van der Waals surface area contributed by atoms with Gasteiger partial charge in [0.2, 0.25) is 11.8 Å². The summed E-state index contributed by atoms with van der Waals surface area (Å²) in [6.07, 6.45) is 2.51. The van der Waals surface area contributed by atoms with Crippen molar-refractivity contribution >= 4 is 34.4 Å². The summed E-state index contributed by atoms with van der Waals surface area (Å²) < 4.78 is 17.7. The number of hydrogen-bond donors (Lipinski definition) is 4. The fraction of sp³-hybridized carbons (Fsp3) is 0.333. The summed E-state index contributed by atoms with van der Waals surface area (Å²) >= 11 is 2.05. The molecule has 41 heavy (non-hydrogen) atoms. The molecular formula is C30H33IN2O8. The molecule has 0 radical (unpaired) electrons. The van der Waals surface area contributed by atoms with Crippen molar-refractivity contribution in [2.24, 2.45) is 0 Å². The highest BCUT2D eigenvalue weighted by atomic mass is 127. The van der Waals surface area contributed by atoms with Gasteiger partial charge in [-0.3, -0.25) is 9.59 Å². The third-order valence-corrected chi connectivity index (χ3v) is 7.59. The van der Waals surface area contributed by atoms with E-state index in [9.17, 15) is 24.9 Å². The molecule has 0 spiro atoms. The quantitative estimate of drug-likeness (QED) is 0.215. The lowest BCUT2D eigenvalue weighted by atomic mass is 9.87. The number of hydrogen-bond acceptors (Lipinski definition) is 8. The summed E-state index contributed by atoms with van der Waals surface area (Å²) in [5, 5.41) is 33.2. The number of benzene rings is 2. The summed E-state index contributed by atoms with van der Waals surface area (Å²) in [5.41, 5.74) is 2.47. The summed E-state index contributed by atoms with van der Waals surface area (Å²) in [6.45, 7) is -0.231. The summed E-state index contributed by atoms with van der Waals surface area (Å²) in [6, 6.07) is 13.6. The third-order valence-electron chi connectivity index (χ3n) is 6.79. The molecule has 1 aliphatic carbocycles. The molecule has 1 aliphatic rings. The number of furan rings is 1. The molecule has 0 saturated carbocycles. The zero-order valence-corrected chi connectivity index (χ0v) is 24.7. The van der Waals surface area contributed by atoms with Crippen LogP contribution in [0.4, 0.5) is 0 Å². The first-order chi connectivity index (χ1) is 19.8. The first-order valence-corrected chi connectivity index (χ1v) is 14.2. The number of carbonyl (C=O) groups excluding carboxylic acids is 2. The normalized spacial score (nSPS) is 18.4. The van der Waals surface area contributed by atoms with Crippen molar-refractivity contribution in [1.82, 2.24) is 10.2 Å². The smallest absolute Gasteiger partial charge is 0.247 e. The van der Waals surface area contributed by atoms with Gasteiger partial charge in [-0.2, -0.15) is 0 Å². The average molecular weight is 677 g/mol. The lowest BCUT2D eigenvalue weighted by Crippen LogP contribution is -2.55. The zero-order valence-electron chi connectivity index (χ0n) is 22.5. The minimum Gasteiger partial charge on any atom is -0.493 e. The molecule has 2 amide bonds. The molecule has 3 atom stereocenters. The molecule has 0 aliphatic heterocycles. The number of ether oxygens (including phenoxy) is 2. The number of amides is 2. The summed E-state index contributed by atoms with van der Waals surface area (Å²) in [7, 11) is 1.47. The fourth-order valence-corrected chi connectivity index (χ4v) is 5.53. The number of aliphatic hydroxyl groups is 3. The van der Waals surface area contributed by atoms with E-state index in [1.165, 1.54) is 19.6 Å². The first kappa shape index (κ1) is 30.6. The monoisotopic (exact) mass is 676 g/mol. The van der Waals surface area contributed by atoms with Crippen LogP contribution in [0.2, 0.25) is 0 Å². The number of halogens is 1. The van der Waals surface area contributed by atoms with Crippen molar-refractivity contribution in [3.05, 3.63) is 93.0 Å².